The summed E-state index contributed by atoms with van der Waals surface area (Å²) in [5, 5.41) is 15.9. The van der Waals surface area contributed by atoms with Crippen LogP contribution in [0.5, 0.6) is 0 Å². The van der Waals surface area contributed by atoms with Crippen molar-refractivity contribution in [1.29, 1.82) is 0 Å². The lowest BCUT2D eigenvalue weighted by atomic mass is 9.69. The van der Waals surface area contributed by atoms with Crippen LogP contribution in [0, 0.1) is 11.8 Å². The predicted octanol–water partition coefficient (Wildman–Crippen LogP) is 6.40. The van der Waals surface area contributed by atoms with Crippen molar-refractivity contribution < 1.29 is 0 Å². The topological polar surface area (TPSA) is 48.1 Å². The van der Waals surface area contributed by atoms with Crippen LogP contribution in [-0.2, 0) is 0 Å². The van der Waals surface area contributed by atoms with Crippen molar-refractivity contribution in [3.63, 3.8) is 0 Å². The number of rotatable bonds is 13. The van der Waals surface area contributed by atoms with Gasteiger partial charge in [-0.05, 0) is 104 Å². The smallest absolute Gasteiger partial charge is 0.0196 e. The lowest BCUT2D eigenvalue weighted by molar-refractivity contribution is 0.0580. The molecule has 4 N–H and O–H groups in total. The van der Waals surface area contributed by atoms with Gasteiger partial charge in [-0.15, -0.1) is 0 Å². The van der Waals surface area contributed by atoms with Crippen molar-refractivity contribution in [2.45, 2.75) is 168 Å². The molecule has 0 amide bonds. The van der Waals surface area contributed by atoms with Gasteiger partial charge in [0.05, 0.1) is 0 Å². The van der Waals surface area contributed by atoms with Gasteiger partial charge in [-0.1, -0.05) is 54.4 Å². The first-order valence-corrected chi connectivity index (χ1v) is 14.9. The van der Waals surface area contributed by atoms with Gasteiger partial charge in [0.25, 0.3) is 0 Å². The van der Waals surface area contributed by atoms with Gasteiger partial charge >= 0.3 is 0 Å². The molecule has 2 rings (SSSR count). The Balaban J connectivity index is 1.70. The summed E-state index contributed by atoms with van der Waals surface area (Å²) in [6, 6.07) is 1.25. The zero-order valence-corrected chi connectivity index (χ0v) is 24.8. The molecule has 202 valence electrons. The van der Waals surface area contributed by atoms with E-state index >= 15 is 0 Å². The van der Waals surface area contributed by atoms with Gasteiger partial charge in [0.1, 0.15) is 0 Å². The second-order valence-electron chi connectivity index (χ2n) is 13.1. The fourth-order valence-corrected chi connectivity index (χ4v) is 6.88. The summed E-state index contributed by atoms with van der Waals surface area (Å²) < 4.78 is 0. The molecule has 0 spiro atoms. The Morgan fingerprint density at radius 1 is 0.588 bits per heavy atom. The van der Waals surface area contributed by atoms with E-state index in [-0.39, 0.29) is 22.2 Å². The Kier molecular flexibility index (Phi) is 11.0. The van der Waals surface area contributed by atoms with E-state index in [1.807, 2.05) is 0 Å². The van der Waals surface area contributed by atoms with Crippen LogP contribution in [0.4, 0.5) is 0 Å². The summed E-state index contributed by atoms with van der Waals surface area (Å²) in [4.78, 5) is 0. The Morgan fingerprint density at radius 2 is 0.941 bits per heavy atom. The fraction of sp³-hybridized carbons (Fsp3) is 1.00. The molecule has 2 aliphatic heterocycles. The highest BCUT2D eigenvalue weighted by Crippen LogP contribution is 2.38. The first-order valence-electron chi connectivity index (χ1n) is 14.9. The third-order valence-electron chi connectivity index (χ3n) is 10.7. The standard InChI is InChI=1S/C30H62N4/c1-11-27(7)21-25(23(5)29(9,13-3)33-27)31-19-17-15-16-18-20-32-26-22-28(8,12-2)34-30(10,14-4)24(26)6/h23-26,31-34H,11-22H2,1-10H3. The Hall–Kier alpha value is -0.160. The van der Waals surface area contributed by atoms with Gasteiger partial charge in [-0.2, -0.15) is 0 Å². The van der Waals surface area contributed by atoms with Crippen LogP contribution in [0.25, 0.3) is 0 Å². The molecule has 2 aliphatic rings. The molecule has 4 heteroatoms. The van der Waals surface area contributed by atoms with E-state index < -0.39 is 0 Å². The fourth-order valence-electron chi connectivity index (χ4n) is 6.88. The largest absolute Gasteiger partial charge is 0.314 e. The van der Waals surface area contributed by atoms with Gasteiger partial charge in [-0.3, -0.25) is 0 Å². The second-order valence-corrected chi connectivity index (χ2v) is 13.1. The SMILES string of the molecule is CCC1(C)CC(NCCCCCCNC2CC(C)(CC)NC(C)(CC)C2C)C(C)C(C)(CC)N1. The summed E-state index contributed by atoms with van der Waals surface area (Å²) in [5.41, 5.74) is 0.988. The van der Waals surface area contributed by atoms with E-state index in [9.17, 15) is 0 Å². The maximum absolute atomic E-state index is 4.01. The number of piperidine rings is 2. The van der Waals surface area contributed by atoms with Crippen LogP contribution in [0.2, 0.25) is 0 Å². The van der Waals surface area contributed by atoms with E-state index in [4.69, 9.17) is 0 Å². The maximum atomic E-state index is 4.01. The summed E-state index contributed by atoms with van der Waals surface area (Å²) in [5.74, 6) is 1.33. The zero-order chi connectivity index (χ0) is 25.6. The van der Waals surface area contributed by atoms with E-state index in [1.165, 1.54) is 64.2 Å². The van der Waals surface area contributed by atoms with Gasteiger partial charge in [-0.25, -0.2) is 0 Å². The van der Waals surface area contributed by atoms with Crippen molar-refractivity contribution >= 4 is 0 Å². The number of hydrogen-bond acceptors (Lipinski definition) is 4. The normalized spacial score (nSPS) is 43.2. The van der Waals surface area contributed by atoms with Gasteiger partial charge in [0, 0.05) is 34.2 Å². The van der Waals surface area contributed by atoms with E-state index in [2.05, 4.69) is 90.5 Å². The highest BCUT2D eigenvalue weighted by Gasteiger charge is 2.47. The molecule has 0 aromatic carbocycles. The molecule has 2 saturated heterocycles. The van der Waals surface area contributed by atoms with Crippen molar-refractivity contribution in [2.24, 2.45) is 11.8 Å². The number of nitrogens with one attached hydrogen (secondary N) is 4. The summed E-state index contributed by atoms with van der Waals surface area (Å²) in [6.45, 7) is 26.3. The van der Waals surface area contributed by atoms with Gasteiger partial charge in [0.2, 0.25) is 0 Å². The highest BCUT2D eigenvalue weighted by atomic mass is 15.1. The zero-order valence-electron chi connectivity index (χ0n) is 24.8. The minimum atomic E-state index is 0.236. The van der Waals surface area contributed by atoms with Crippen LogP contribution in [-0.4, -0.2) is 47.3 Å². The molecule has 8 unspecified atom stereocenters. The average Bonchev–Trinajstić information content (AvgIpc) is 2.81. The third-order valence-corrected chi connectivity index (χ3v) is 10.7. The predicted molar refractivity (Wildman–Crippen MR) is 151 cm³/mol. The summed E-state index contributed by atoms with van der Waals surface area (Å²) >= 11 is 0. The molecular weight excluding hydrogens is 416 g/mol. The molecule has 0 aliphatic carbocycles. The summed E-state index contributed by atoms with van der Waals surface area (Å²) in [7, 11) is 0. The van der Waals surface area contributed by atoms with E-state index in [0.29, 0.717) is 23.9 Å². The molecule has 0 radical (unpaired) electrons. The monoisotopic (exact) mass is 478 g/mol. The van der Waals surface area contributed by atoms with E-state index in [1.54, 1.807) is 0 Å². The summed E-state index contributed by atoms with van der Waals surface area (Å²) in [6.07, 6.45) is 12.5. The van der Waals surface area contributed by atoms with E-state index in [0.717, 1.165) is 13.1 Å². The molecule has 2 heterocycles. The molecule has 4 nitrogen and oxygen atoms in total. The van der Waals surface area contributed by atoms with Crippen LogP contribution in [0.1, 0.15) is 133 Å². The molecule has 0 bridgehead atoms. The lowest BCUT2D eigenvalue weighted by Gasteiger charge is -2.54. The number of unbranched alkanes of at least 4 members (excludes halogenated alkanes) is 3. The maximum Gasteiger partial charge on any atom is 0.0196 e. The van der Waals surface area contributed by atoms with Crippen molar-refractivity contribution in [3.8, 4) is 0 Å². The van der Waals surface area contributed by atoms with Crippen LogP contribution in [0.3, 0.4) is 0 Å². The lowest BCUT2D eigenvalue weighted by Crippen LogP contribution is -2.68. The first kappa shape index (κ1) is 30.1. The van der Waals surface area contributed by atoms with Crippen LogP contribution >= 0.6 is 0 Å². The molecule has 2 fully saturated rings. The Labute approximate surface area is 214 Å². The van der Waals surface area contributed by atoms with Crippen molar-refractivity contribution in [1.82, 2.24) is 21.3 Å². The molecule has 0 aromatic rings. The van der Waals surface area contributed by atoms with Crippen molar-refractivity contribution in [2.75, 3.05) is 13.1 Å². The molecule has 8 atom stereocenters. The first-order chi connectivity index (χ1) is 15.9. The van der Waals surface area contributed by atoms with Gasteiger partial charge in [0.15, 0.2) is 0 Å². The van der Waals surface area contributed by atoms with Crippen LogP contribution in [0.15, 0.2) is 0 Å². The minimum Gasteiger partial charge on any atom is -0.314 e. The third kappa shape index (κ3) is 7.20. The minimum absolute atomic E-state index is 0.236. The molecule has 0 aromatic heterocycles. The number of hydrogen-bond donors (Lipinski definition) is 4. The van der Waals surface area contributed by atoms with Gasteiger partial charge < -0.3 is 21.3 Å². The highest BCUT2D eigenvalue weighted by molar-refractivity contribution is 5.07. The van der Waals surface area contributed by atoms with Crippen LogP contribution < -0.4 is 21.3 Å². The molecule has 34 heavy (non-hydrogen) atoms. The quantitative estimate of drug-likeness (QED) is 0.231. The second kappa shape index (κ2) is 12.4. The average molecular weight is 479 g/mol. The molecule has 0 saturated carbocycles. The Bertz CT molecular complexity index is 559. The Morgan fingerprint density at radius 3 is 1.24 bits per heavy atom. The molecular formula is C30H62N4. The van der Waals surface area contributed by atoms with Crippen molar-refractivity contribution in [3.05, 3.63) is 0 Å².